The number of ether oxygens (including phenoxy) is 5. The molecule has 0 amide bonds. The maximum Gasteiger partial charge on any atom is 0.373 e. The van der Waals surface area contributed by atoms with Crippen LogP contribution >= 0.6 is 11.6 Å². The number of nitrogens with one attached hydrogen (secondary N) is 1. The van der Waals surface area contributed by atoms with E-state index in [1.54, 1.807) is 61.3 Å². The number of halogens is 1. The van der Waals surface area contributed by atoms with Crippen molar-refractivity contribution in [3.05, 3.63) is 77.4 Å². The molecule has 1 saturated heterocycles. The number of methoxy groups -OCH3 is 1. The van der Waals surface area contributed by atoms with Gasteiger partial charge in [0.1, 0.15) is 30.1 Å². The molecule has 48 heavy (non-hydrogen) atoms. The van der Waals surface area contributed by atoms with E-state index in [9.17, 15) is 19.5 Å². The van der Waals surface area contributed by atoms with Crippen LogP contribution in [-0.2, 0) is 39.8 Å². The molecule has 1 aliphatic carbocycles. The number of aromatic amines is 1. The molecule has 3 aliphatic rings. The van der Waals surface area contributed by atoms with Crippen molar-refractivity contribution in [3.8, 4) is 0 Å². The fourth-order valence-corrected chi connectivity index (χ4v) is 7.32. The summed E-state index contributed by atoms with van der Waals surface area (Å²) in [6.45, 7) is 9.09. The third-order valence-electron chi connectivity index (χ3n) is 10.1. The van der Waals surface area contributed by atoms with Crippen LogP contribution in [0.4, 0.5) is 0 Å². The van der Waals surface area contributed by atoms with Crippen molar-refractivity contribution in [2.24, 2.45) is 23.7 Å². The van der Waals surface area contributed by atoms with E-state index < -0.39 is 66.1 Å². The number of pyridine rings is 1. The van der Waals surface area contributed by atoms with Crippen LogP contribution in [-0.4, -0.2) is 77.3 Å². The van der Waals surface area contributed by atoms with Crippen molar-refractivity contribution >= 4 is 29.5 Å². The number of aliphatic hydroxyl groups is 1. The summed E-state index contributed by atoms with van der Waals surface area (Å²) in [5.41, 5.74) is 0.379. The van der Waals surface area contributed by atoms with Crippen molar-refractivity contribution in [2.75, 3.05) is 7.11 Å². The summed E-state index contributed by atoms with van der Waals surface area (Å²) in [5.74, 6) is -2.79. The van der Waals surface area contributed by atoms with Gasteiger partial charge >= 0.3 is 17.9 Å². The predicted octanol–water partition coefficient (Wildman–Crippen LogP) is 4.37. The average Bonchev–Trinajstić information content (AvgIpc) is 3.70. The molecule has 11 atom stereocenters. The fourth-order valence-electron chi connectivity index (χ4n) is 7.21. The molecule has 0 unspecified atom stereocenters. The van der Waals surface area contributed by atoms with Crippen LogP contribution in [0.25, 0.3) is 0 Å². The SMILES string of the molecule is CO[C@H]1C[C@H]2C=C[C@@H]3C[C@]2(O[C@H]3[C@H](OC(=O)c2ccc[nH]2)[C@H](C)[C@H](C)O)/C(C)=C/[C@@H](C)[C@@H]([C@@H](C)OC(=O)C[n+]2ccc(Cl)cc2)OC1=O. The molecule has 2 aromatic rings. The van der Waals surface area contributed by atoms with Crippen LogP contribution in [0.1, 0.15) is 57.9 Å². The maximum absolute atomic E-state index is 13.6. The zero-order valence-corrected chi connectivity index (χ0v) is 29.0. The number of aliphatic hydroxyl groups excluding tert-OH is 1. The van der Waals surface area contributed by atoms with Gasteiger partial charge in [-0.05, 0) is 51.3 Å². The Morgan fingerprint density at radius 2 is 1.88 bits per heavy atom. The van der Waals surface area contributed by atoms with Crippen molar-refractivity contribution in [3.63, 3.8) is 0 Å². The average molecular weight is 686 g/mol. The lowest BCUT2D eigenvalue weighted by Crippen LogP contribution is -2.48. The van der Waals surface area contributed by atoms with Gasteiger partial charge in [-0.15, -0.1) is 0 Å². The normalized spacial score (nSPS) is 32.1. The van der Waals surface area contributed by atoms with E-state index in [0.717, 1.165) is 5.57 Å². The van der Waals surface area contributed by atoms with Crippen LogP contribution < -0.4 is 4.57 Å². The molecule has 2 N–H and O–H groups in total. The Morgan fingerprint density at radius 3 is 2.52 bits per heavy atom. The lowest BCUT2D eigenvalue weighted by Gasteiger charge is -2.41. The highest BCUT2D eigenvalue weighted by atomic mass is 35.5. The van der Waals surface area contributed by atoms with Crippen molar-refractivity contribution in [1.29, 1.82) is 0 Å². The third kappa shape index (κ3) is 7.54. The van der Waals surface area contributed by atoms with Gasteiger partial charge in [-0.2, -0.15) is 4.57 Å². The fraction of sp³-hybridized carbons (Fsp3) is 0.556. The van der Waals surface area contributed by atoms with Gasteiger partial charge in [0.2, 0.25) is 6.54 Å². The van der Waals surface area contributed by atoms with Crippen molar-refractivity contribution < 1.29 is 47.7 Å². The second-order valence-electron chi connectivity index (χ2n) is 13.3. The molecule has 1 spiro atoms. The van der Waals surface area contributed by atoms with Gasteiger partial charge < -0.3 is 33.8 Å². The van der Waals surface area contributed by atoms with Crippen LogP contribution in [0.3, 0.4) is 0 Å². The zero-order valence-electron chi connectivity index (χ0n) is 28.2. The molecule has 260 valence electrons. The Balaban J connectivity index is 1.43. The number of hydrogen-bond donors (Lipinski definition) is 2. The summed E-state index contributed by atoms with van der Waals surface area (Å²) in [4.78, 5) is 42.5. The minimum Gasteiger partial charge on any atom is -0.456 e. The van der Waals surface area contributed by atoms with Gasteiger partial charge in [-0.1, -0.05) is 43.7 Å². The number of carbonyl (C=O) groups is 3. The molecule has 4 heterocycles. The predicted molar refractivity (Wildman–Crippen MR) is 175 cm³/mol. The summed E-state index contributed by atoms with van der Waals surface area (Å²) in [5, 5.41) is 11.2. The Bertz CT molecular complexity index is 1510. The Labute approximate surface area is 286 Å². The molecule has 2 aliphatic heterocycles. The second kappa shape index (κ2) is 14.9. The van der Waals surface area contributed by atoms with E-state index in [1.165, 1.54) is 7.11 Å². The van der Waals surface area contributed by atoms with Gasteiger partial charge in [-0.3, -0.25) is 0 Å². The third-order valence-corrected chi connectivity index (χ3v) is 10.3. The van der Waals surface area contributed by atoms with E-state index in [2.05, 4.69) is 17.1 Å². The van der Waals surface area contributed by atoms with Crippen LogP contribution in [0.5, 0.6) is 0 Å². The summed E-state index contributed by atoms with van der Waals surface area (Å²) in [6.07, 6.45) is 7.40. The number of carbonyl (C=O) groups excluding carboxylic acids is 3. The van der Waals surface area contributed by atoms with Crippen LogP contribution in [0.2, 0.25) is 5.02 Å². The Hall–Kier alpha value is -3.51. The van der Waals surface area contributed by atoms with E-state index >= 15 is 0 Å². The van der Waals surface area contributed by atoms with Gasteiger partial charge in [0.15, 0.2) is 18.5 Å². The molecule has 2 aromatic heterocycles. The Morgan fingerprint density at radius 1 is 1.15 bits per heavy atom. The minimum absolute atomic E-state index is 0.0413. The number of rotatable bonds is 10. The topological polar surface area (TPSA) is 137 Å². The molecule has 0 aromatic carbocycles. The first-order valence-electron chi connectivity index (χ1n) is 16.5. The number of H-pyrrole nitrogens is 1. The molecule has 0 saturated carbocycles. The first-order chi connectivity index (χ1) is 22.8. The number of fused-ring (bicyclic) bond motifs is 1. The number of cyclic esters (lactones) is 1. The molecule has 5 rings (SSSR count). The minimum atomic E-state index is -0.915. The zero-order chi connectivity index (χ0) is 34.7. The van der Waals surface area contributed by atoms with Crippen molar-refractivity contribution in [2.45, 2.75) is 96.2 Å². The number of nitrogens with zero attached hydrogens (tertiary/aromatic N) is 1. The van der Waals surface area contributed by atoms with E-state index in [0.29, 0.717) is 17.1 Å². The first-order valence-corrected chi connectivity index (χ1v) is 16.9. The number of esters is 3. The maximum atomic E-state index is 13.6. The number of hydrogen-bond acceptors (Lipinski definition) is 9. The van der Waals surface area contributed by atoms with Crippen LogP contribution in [0.15, 0.2) is 66.7 Å². The molecule has 12 heteroatoms. The van der Waals surface area contributed by atoms with E-state index in [1.807, 2.05) is 26.8 Å². The second-order valence-corrected chi connectivity index (χ2v) is 13.8. The lowest BCUT2D eigenvalue weighted by molar-refractivity contribution is -0.686. The Kier molecular flexibility index (Phi) is 11.1. The van der Waals surface area contributed by atoms with Gasteiger partial charge in [-0.25, -0.2) is 14.4 Å². The number of aromatic nitrogens is 2. The van der Waals surface area contributed by atoms with E-state index in [4.69, 9.17) is 35.3 Å². The largest absolute Gasteiger partial charge is 0.456 e. The summed E-state index contributed by atoms with van der Waals surface area (Å²) >= 11 is 5.97. The molecular weight excluding hydrogens is 640 g/mol. The molecule has 1 fully saturated rings. The quantitative estimate of drug-likeness (QED) is 0.162. The van der Waals surface area contributed by atoms with Gasteiger partial charge in [0.05, 0.1) is 16.7 Å². The summed E-state index contributed by atoms with van der Waals surface area (Å²) in [7, 11) is 1.46. The van der Waals surface area contributed by atoms with Gasteiger partial charge in [0, 0.05) is 49.1 Å². The highest BCUT2D eigenvalue weighted by Crippen LogP contribution is 2.53. The summed E-state index contributed by atoms with van der Waals surface area (Å²) < 4.78 is 32.3. The van der Waals surface area contributed by atoms with Crippen LogP contribution in [0, 0.1) is 23.7 Å². The van der Waals surface area contributed by atoms with E-state index in [-0.39, 0.29) is 30.7 Å². The smallest absolute Gasteiger partial charge is 0.373 e. The monoisotopic (exact) mass is 685 g/mol. The lowest BCUT2D eigenvalue weighted by atomic mass is 9.69. The molecular formula is C36H46ClN2O9+. The summed E-state index contributed by atoms with van der Waals surface area (Å²) in [6, 6.07) is 6.71. The molecule has 2 bridgehead atoms. The standard InChI is InChI=1S/C36H45ClN2O9/c1-20-16-21(2)36-18-25(33(48-36)32(22(3)23(4)40)47-34(42)28-8-7-13-38-28)9-10-26(36)17-29(44-6)35(43)46-31(20)24(5)45-30(41)19-39-14-11-27(37)12-15-39/h7-16,20,22-26,29,31-33,40H,17-19H2,1-6H3/p+1/b21-16+/t20-,22-,23+,24-,25-,26-,29+,31+,32-,33-,36+/m1/s1. The molecule has 11 nitrogen and oxygen atoms in total. The highest BCUT2D eigenvalue weighted by Gasteiger charge is 2.57. The first kappa shape index (κ1) is 35.8. The van der Waals surface area contributed by atoms with Crippen molar-refractivity contribution in [1.82, 2.24) is 4.98 Å². The van der Waals surface area contributed by atoms with Gasteiger partial charge in [0.25, 0.3) is 0 Å². The molecule has 0 radical (unpaired) electrons. The highest BCUT2D eigenvalue weighted by molar-refractivity contribution is 6.30.